The minimum absolute atomic E-state index is 0.0210. The maximum absolute atomic E-state index is 13.1. The van der Waals surface area contributed by atoms with Crippen LogP contribution in [-0.2, 0) is 14.8 Å². The maximum atomic E-state index is 13.1. The van der Waals surface area contributed by atoms with E-state index in [2.05, 4.69) is 25.5 Å². The van der Waals surface area contributed by atoms with E-state index in [1.807, 2.05) is 4.72 Å². The number of aromatic nitrogens is 3. The van der Waals surface area contributed by atoms with Gasteiger partial charge in [-0.3, -0.25) is 9.69 Å². The number of H-pyrrole nitrogens is 1. The third-order valence-electron chi connectivity index (χ3n) is 6.03. The van der Waals surface area contributed by atoms with E-state index in [1.165, 1.54) is 30.5 Å². The number of carbonyl (C=O) groups excluding carboxylic acids is 1. The molecule has 1 aromatic carbocycles. The molecule has 0 bridgehead atoms. The van der Waals surface area contributed by atoms with Crippen LogP contribution in [0.2, 0.25) is 4.34 Å². The highest BCUT2D eigenvalue weighted by molar-refractivity contribution is 7.92. The van der Waals surface area contributed by atoms with Gasteiger partial charge in [0.2, 0.25) is 0 Å². The van der Waals surface area contributed by atoms with Crippen molar-refractivity contribution in [2.45, 2.75) is 4.21 Å². The normalized spacial score (nSPS) is 14.2. The van der Waals surface area contributed by atoms with Crippen molar-refractivity contribution >= 4 is 61.3 Å². The molecule has 2 amide bonds. The number of urea groups is 1. The summed E-state index contributed by atoms with van der Waals surface area (Å²) in [7, 11) is -4.11. The lowest BCUT2D eigenvalue weighted by molar-refractivity contribution is 0.0398. The van der Waals surface area contributed by atoms with Crippen molar-refractivity contribution in [2.75, 3.05) is 50.0 Å². The Morgan fingerprint density at radius 1 is 1.10 bits per heavy atom. The van der Waals surface area contributed by atoms with Gasteiger partial charge in [0.1, 0.15) is 10.0 Å². The molecule has 5 rings (SSSR count). The standard InChI is InChI=1S/C24H24ClN7O6S2/c25-19-4-6-21(39-19)40(36,37)30-23(34)28-16-2-5-20(27-14-16)32-22(33)17-3-1-15(13-18(17)29-24(32)35)26-7-8-31-9-11-38-12-10-31/h1-6,13-14,26H,7-12H2,(H,29,35)(H2,28,30,34). The highest BCUT2D eigenvalue weighted by Gasteiger charge is 2.20. The fraction of sp³-hybridized carbons (Fsp3) is 0.250. The second kappa shape index (κ2) is 11.8. The van der Waals surface area contributed by atoms with Crippen molar-refractivity contribution in [1.82, 2.24) is 24.2 Å². The second-order valence-corrected chi connectivity index (χ2v) is 12.4. The summed E-state index contributed by atoms with van der Waals surface area (Å²) in [5, 5.41) is 5.95. The van der Waals surface area contributed by atoms with E-state index in [-0.39, 0.29) is 20.1 Å². The van der Waals surface area contributed by atoms with Crippen LogP contribution in [0.5, 0.6) is 0 Å². The van der Waals surface area contributed by atoms with Gasteiger partial charge in [0, 0.05) is 31.9 Å². The Bertz CT molecular complexity index is 1760. The first-order valence-corrected chi connectivity index (χ1v) is 14.8. The predicted octanol–water partition coefficient (Wildman–Crippen LogP) is 2.04. The number of ether oxygens (including phenoxy) is 1. The fourth-order valence-electron chi connectivity index (χ4n) is 4.08. The van der Waals surface area contributed by atoms with Crippen LogP contribution >= 0.6 is 22.9 Å². The van der Waals surface area contributed by atoms with Crippen LogP contribution in [0.15, 0.2) is 62.5 Å². The molecule has 0 saturated carbocycles. The molecule has 1 saturated heterocycles. The van der Waals surface area contributed by atoms with Crippen LogP contribution in [0.25, 0.3) is 16.7 Å². The predicted molar refractivity (Wildman–Crippen MR) is 152 cm³/mol. The Balaban J connectivity index is 1.27. The van der Waals surface area contributed by atoms with E-state index in [9.17, 15) is 22.8 Å². The Hall–Kier alpha value is -3.76. The first-order valence-electron chi connectivity index (χ1n) is 12.1. The number of aromatic amines is 1. The highest BCUT2D eigenvalue weighted by Crippen LogP contribution is 2.25. The van der Waals surface area contributed by atoms with Gasteiger partial charge in [-0.25, -0.2) is 32.3 Å². The summed E-state index contributed by atoms with van der Waals surface area (Å²) in [6.45, 7) is 4.77. The number of morpholine rings is 1. The molecule has 3 aromatic heterocycles. The Morgan fingerprint density at radius 2 is 1.88 bits per heavy atom. The first-order chi connectivity index (χ1) is 19.2. The van der Waals surface area contributed by atoms with Crippen LogP contribution in [0.3, 0.4) is 0 Å². The summed E-state index contributed by atoms with van der Waals surface area (Å²) < 4.78 is 32.8. The smallest absolute Gasteiger partial charge is 0.334 e. The van der Waals surface area contributed by atoms with Gasteiger partial charge in [-0.1, -0.05) is 11.6 Å². The van der Waals surface area contributed by atoms with E-state index >= 15 is 0 Å². The number of thiophene rings is 1. The van der Waals surface area contributed by atoms with E-state index in [4.69, 9.17) is 16.3 Å². The van der Waals surface area contributed by atoms with Crippen LogP contribution in [0.4, 0.5) is 16.2 Å². The molecule has 4 aromatic rings. The lowest BCUT2D eigenvalue weighted by Gasteiger charge is -2.26. The Kier molecular flexibility index (Phi) is 8.18. The number of nitrogens with zero attached hydrogens (tertiary/aromatic N) is 3. The number of carbonyl (C=O) groups is 1. The molecular formula is C24H24ClN7O6S2. The van der Waals surface area contributed by atoms with Crippen LogP contribution in [-0.4, -0.2) is 73.3 Å². The third kappa shape index (κ3) is 6.34. The summed E-state index contributed by atoms with van der Waals surface area (Å²) in [5.41, 5.74) is 0.0361. The van der Waals surface area contributed by atoms with Gasteiger partial charge >= 0.3 is 11.7 Å². The summed E-state index contributed by atoms with van der Waals surface area (Å²) in [4.78, 5) is 47.3. The van der Waals surface area contributed by atoms with Crippen molar-refractivity contribution in [3.05, 3.63) is 73.8 Å². The molecule has 13 nitrogen and oxygen atoms in total. The zero-order chi connectivity index (χ0) is 28.3. The van der Waals surface area contributed by atoms with E-state index < -0.39 is 27.3 Å². The van der Waals surface area contributed by atoms with E-state index in [0.717, 1.165) is 54.4 Å². The topological polar surface area (TPSA) is 168 Å². The van der Waals surface area contributed by atoms with Gasteiger partial charge in [-0.2, -0.15) is 0 Å². The van der Waals surface area contributed by atoms with Crippen molar-refractivity contribution in [2.24, 2.45) is 0 Å². The number of nitrogens with one attached hydrogen (secondary N) is 4. The molecule has 1 aliphatic heterocycles. The van der Waals surface area contributed by atoms with Crippen molar-refractivity contribution in [1.29, 1.82) is 0 Å². The fourth-order valence-corrected chi connectivity index (χ4v) is 6.47. The Labute approximate surface area is 236 Å². The largest absolute Gasteiger partial charge is 0.384 e. The molecular weight excluding hydrogens is 582 g/mol. The number of benzene rings is 1. The molecule has 0 aliphatic carbocycles. The molecule has 1 aliphatic rings. The van der Waals surface area contributed by atoms with Crippen LogP contribution < -0.4 is 26.6 Å². The number of fused-ring (bicyclic) bond motifs is 1. The minimum Gasteiger partial charge on any atom is -0.384 e. The summed E-state index contributed by atoms with van der Waals surface area (Å²) in [6.07, 6.45) is 1.20. The summed E-state index contributed by atoms with van der Waals surface area (Å²) >= 11 is 6.57. The van der Waals surface area contributed by atoms with Gasteiger partial charge in [0.15, 0.2) is 0 Å². The highest BCUT2D eigenvalue weighted by atomic mass is 35.5. The van der Waals surface area contributed by atoms with Crippen molar-refractivity contribution in [3.63, 3.8) is 0 Å². The maximum Gasteiger partial charge on any atom is 0.334 e. The number of anilines is 2. The molecule has 4 heterocycles. The summed E-state index contributed by atoms with van der Waals surface area (Å²) in [6, 6.07) is 9.50. The second-order valence-electron chi connectivity index (χ2n) is 8.74. The molecule has 4 N–H and O–H groups in total. The van der Waals surface area contributed by atoms with Gasteiger partial charge in [-0.15, -0.1) is 11.3 Å². The monoisotopic (exact) mass is 605 g/mol. The molecule has 40 heavy (non-hydrogen) atoms. The zero-order valence-electron chi connectivity index (χ0n) is 20.8. The minimum atomic E-state index is -4.11. The quantitative estimate of drug-likeness (QED) is 0.235. The van der Waals surface area contributed by atoms with Gasteiger partial charge in [0.25, 0.3) is 15.6 Å². The number of halogens is 1. The number of hydrogen-bond acceptors (Lipinski definition) is 10. The average molecular weight is 606 g/mol. The van der Waals surface area contributed by atoms with Crippen molar-refractivity contribution in [3.8, 4) is 5.82 Å². The Morgan fingerprint density at radius 3 is 2.58 bits per heavy atom. The third-order valence-corrected chi connectivity index (χ3v) is 9.09. The van der Waals surface area contributed by atoms with Gasteiger partial charge in [0.05, 0.1) is 40.3 Å². The molecule has 1 fully saturated rings. The van der Waals surface area contributed by atoms with Crippen LogP contribution in [0, 0.1) is 0 Å². The van der Waals surface area contributed by atoms with Gasteiger partial charge in [-0.05, 0) is 42.5 Å². The van der Waals surface area contributed by atoms with Crippen LogP contribution in [0.1, 0.15) is 0 Å². The van der Waals surface area contributed by atoms with E-state index in [1.54, 1.807) is 18.2 Å². The number of pyridine rings is 1. The number of amides is 2. The molecule has 0 spiro atoms. The SMILES string of the molecule is O=C(Nc1ccc(-n2c(=O)[nH]c3cc(NCCN4CCOCC4)ccc3c2=O)nc1)NS(=O)(=O)c1ccc(Cl)s1. The molecule has 210 valence electrons. The summed E-state index contributed by atoms with van der Waals surface area (Å²) in [5.74, 6) is 0.0210. The zero-order valence-corrected chi connectivity index (χ0v) is 23.2. The molecule has 0 unspecified atom stereocenters. The number of rotatable bonds is 8. The first kappa shape index (κ1) is 27.8. The van der Waals surface area contributed by atoms with Gasteiger partial charge < -0.3 is 20.4 Å². The average Bonchev–Trinajstić information content (AvgIpc) is 3.37. The molecule has 0 atom stereocenters. The molecule has 16 heteroatoms. The van der Waals surface area contributed by atoms with E-state index in [0.29, 0.717) is 17.4 Å². The number of hydrogen-bond donors (Lipinski definition) is 4. The number of sulfonamides is 1. The lowest BCUT2D eigenvalue weighted by Crippen LogP contribution is -2.39. The lowest BCUT2D eigenvalue weighted by atomic mass is 10.2. The molecule has 0 radical (unpaired) electrons. The van der Waals surface area contributed by atoms with Crippen molar-refractivity contribution < 1.29 is 17.9 Å².